The molecule has 0 saturated carbocycles. The first-order valence-electron chi connectivity index (χ1n) is 12.8. The Kier molecular flexibility index (Phi) is 7.66. The Hall–Kier alpha value is -3.03. The molecule has 0 radical (unpaired) electrons. The lowest BCUT2D eigenvalue weighted by molar-refractivity contribution is -0.139. The van der Waals surface area contributed by atoms with E-state index >= 15 is 0 Å². The molecule has 0 bridgehead atoms. The Morgan fingerprint density at radius 1 is 0.795 bits per heavy atom. The third-order valence-electron chi connectivity index (χ3n) is 7.22. The van der Waals surface area contributed by atoms with Gasteiger partial charge in [-0.1, -0.05) is 78.3 Å². The standard InChI is InChI=1S/C31H26ClF6N/c32-27-10-4-9-26(29(27)31(36,37)38)25-8-3-6-22-5-1-2-7-24(22)28(25)23-13-11-20(12-14-23)17-21-18-39(19-21)16-15-30(33,34)35/h1-2,4-5,7,9-14,17H,3,6,8,15-16,18-19H2. The van der Waals surface area contributed by atoms with Crippen molar-refractivity contribution in [2.24, 2.45) is 0 Å². The zero-order chi connectivity index (χ0) is 27.8. The second-order valence-electron chi connectivity index (χ2n) is 10.0. The van der Waals surface area contributed by atoms with Crippen LogP contribution in [0.25, 0.3) is 17.2 Å². The first kappa shape index (κ1) is 27.5. The van der Waals surface area contributed by atoms with E-state index in [9.17, 15) is 26.3 Å². The van der Waals surface area contributed by atoms with Crippen molar-refractivity contribution in [2.45, 2.75) is 38.0 Å². The normalized spacial score (nSPS) is 16.5. The lowest BCUT2D eigenvalue weighted by atomic mass is 9.86. The highest BCUT2D eigenvalue weighted by Crippen LogP contribution is 2.46. The fourth-order valence-corrected chi connectivity index (χ4v) is 5.71. The third kappa shape index (κ3) is 6.25. The van der Waals surface area contributed by atoms with Gasteiger partial charge in [-0.3, -0.25) is 4.90 Å². The highest BCUT2D eigenvalue weighted by Gasteiger charge is 2.37. The van der Waals surface area contributed by atoms with E-state index in [1.165, 1.54) is 12.1 Å². The Balaban J connectivity index is 1.52. The van der Waals surface area contributed by atoms with Crippen molar-refractivity contribution in [3.05, 3.63) is 111 Å². The summed E-state index contributed by atoms with van der Waals surface area (Å²) in [6.45, 7) is 0.977. The maximum absolute atomic E-state index is 14.2. The average Bonchev–Trinajstić information content (AvgIpc) is 3.04. The van der Waals surface area contributed by atoms with Crippen LogP contribution in [0.4, 0.5) is 26.3 Å². The van der Waals surface area contributed by atoms with Crippen LogP contribution in [-0.4, -0.2) is 30.7 Å². The molecule has 204 valence electrons. The van der Waals surface area contributed by atoms with Crippen LogP contribution in [0.5, 0.6) is 0 Å². The Labute approximate surface area is 228 Å². The molecule has 0 spiro atoms. The van der Waals surface area contributed by atoms with Gasteiger partial charge in [0, 0.05) is 19.6 Å². The molecule has 3 aromatic rings. The first-order chi connectivity index (χ1) is 18.5. The van der Waals surface area contributed by atoms with Crippen molar-refractivity contribution in [1.82, 2.24) is 4.90 Å². The van der Waals surface area contributed by atoms with Gasteiger partial charge in [0.25, 0.3) is 0 Å². The van der Waals surface area contributed by atoms with E-state index in [0.717, 1.165) is 39.8 Å². The number of hydrogen-bond acceptors (Lipinski definition) is 1. The second kappa shape index (κ2) is 10.9. The second-order valence-corrected chi connectivity index (χ2v) is 10.4. The van der Waals surface area contributed by atoms with E-state index < -0.39 is 24.3 Å². The molecule has 0 amide bonds. The van der Waals surface area contributed by atoms with Gasteiger partial charge in [-0.2, -0.15) is 26.3 Å². The number of hydrogen-bond donors (Lipinski definition) is 0. The van der Waals surface area contributed by atoms with Crippen molar-refractivity contribution < 1.29 is 26.3 Å². The monoisotopic (exact) mass is 561 g/mol. The summed E-state index contributed by atoms with van der Waals surface area (Å²) in [6.07, 6.45) is -5.71. The zero-order valence-corrected chi connectivity index (χ0v) is 21.7. The van der Waals surface area contributed by atoms with E-state index in [0.29, 0.717) is 31.5 Å². The van der Waals surface area contributed by atoms with Gasteiger partial charge in [0.15, 0.2) is 0 Å². The number of fused-ring (bicyclic) bond motifs is 1. The van der Waals surface area contributed by atoms with E-state index in [4.69, 9.17) is 11.6 Å². The summed E-state index contributed by atoms with van der Waals surface area (Å²) in [4.78, 5) is 1.75. The topological polar surface area (TPSA) is 3.24 Å². The highest BCUT2D eigenvalue weighted by molar-refractivity contribution is 6.31. The molecule has 0 aromatic heterocycles. The summed E-state index contributed by atoms with van der Waals surface area (Å²) in [5, 5.41) is -0.323. The molecule has 1 nitrogen and oxygen atoms in total. The third-order valence-corrected chi connectivity index (χ3v) is 7.53. The first-order valence-corrected chi connectivity index (χ1v) is 13.1. The van der Waals surface area contributed by atoms with E-state index in [1.54, 1.807) is 11.0 Å². The lowest BCUT2D eigenvalue weighted by Crippen LogP contribution is -2.41. The summed E-state index contributed by atoms with van der Waals surface area (Å²) in [6, 6.07) is 19.7. The Morgan fingerprint density at radius 2 is 1.49 bits per heavy atom. The van der Waals surface area contributed by atoms with E-state index in [-0.39, 0.29) is 17.1 Å². The predicted molar refractivity (Wildman–Crippen MR) is 143 cm³/mol. The minimum absolute atomic E-state index is 0.0144. The van der Waals surface area contributed by atoms with Crippen molar-refractivity contribution in [3.8, 4) is 0 Å². The molecule has 8 heteroatoms. The SMILES string of the molecule is FC(F)(F)CCN1CC(=Cc2ccc(C3=C(c4cccc(Cl)c4C(F)(F)F)CCCc4ccccc43)cc2)C1. The number of aryl methyl sites for hydroxylation is 1. The van der Waals surface area contributed by atoms with Gasteiger partial charge in [0.1, 0.15) is 0 Å². The number of allylic oxidation sites excluding steroid dienone is 1. The Bertz CT molecular complexity index is 1410. The largest absolute Gasteiger partial charge is 0.418 e. The number of nitrogens with zero attached hydrogens (tertiary/aromatic N) is 1. The summed E-state index contributed by atoms with van der Waals surface area (Å²) < 4.78 is 79.9. The molecule has 0 atom stereocenters. The molecule has 5 rings (SSSR count). The van der Waals surface area contributed by atoms with Crippen LogP contribution in [-0.2, 0) is 12.6 Å². The van der Waals surface area contributed by atoms with Gasteiger partial charge in [-0.25, -0.2) is 0 Å². The van der Waals surface area contributed by atoms with Crippen LogP contribution in [0, 0.1) is 0 Å². The van der Waals surface area contributed by atoms with Gasteiger partial charge in [-0.05, 0) is 69.9 Å². The maximum Gasteiger partial charge on any atom is 0.418 e. The molecule has 1 heterocycles. The van der Waals surface area contributed by atoms with Gasteiger partial charge in [0.2, 0.25) is 0 Å². The summed E-state index contributed by atoms with van der Waals surface area (Å²) in [5.41, 5.74) is 5.38. The fraction of sp³-hybridized carbons (Fsp3) is 0.290. The molecule has 1 saturated heterocycles. The Morgan fingerprint density at radius 3 is 2.18 bits per heavy atom. The molecule has 1 fully saturated rings. The molecule has 0 unspecified atom stereocenters. The van der Waals surface area contributed by atoms with Crippen LogP contribution >= 0.6 is 11.6 Å². The minimum Gasteiger partial charge on any atom is -0.295 e. The van der Waals surface area contributed by atoms with Crippen LogP contribution in [0.1, 0.15) is 52.6 Å². The highest BCUT2D eigenvalue weighted by atomic mass is 35.5. The van der Waals surface area contributed by atoms with Crippen LogP contribution in [0.3, 0.4) is 0 Å². The van der Waals surface area contributed by atoms with Gasteiger partial charge in [0.05, 0.1) is 17.0 Å². The lowest BCUT2D eigenvalue weighted by Gasteiger charge is -2.34. The van der Waals surface area contributed by atoms with Gasteiger partial charge in [-0.15, -0.1) is 0 Å². The average molecular weight is 562 g/mol. The molecule has 0 N–H and O–H groups in total. The smallest absolute Gasteiger partial charge is 0.295 e. The van der Waals surface area contributed by atoms with Gasteiger partial charge < -0.3 is 0 Å². The molecular formula is C31H26ClF6N. The molecular weight excluding hydrogens is 536 g/mol. The molecule has 39 heavy (non-hydrogen) atoms. The van der Waals surface area contributed by atoms with Crippen molar-refractivity contribution in [2.75, 3.05) is 19.6 Å². The number of rotatable bonds is 5. The van der Waals surface area contributed by atoms with Gasteiger partial charge >= 0.3 is 12.4 Å². The fourth-order valence-electron chi connectivity index (χ4n) is 5.43. The zero-order valence-electron chi connectivity index (χ0n) is 21.0. The van der Waals surface area contributed by atoms with Crippen LogP contribution in [0.2, 0.25) is 5.02 Å². The van der Waals surface area contributed by atoms with Crippen LogP contribution in [0.15, 0.2) is 72.3 Å². The summed E-state index contributed by atoms with van der Waals surface area (Å²) in [7, 11) is 0. The molecule has 3 aromatic carbocycles. The van der Waals surface area contributed by atoms with Crippen molar-refractivity contribution in [1.29, 1.82) is 0 Å². The maximum atomic E-state index is 14.2. The predicted octanol–water partition coefficient (Wildman–Crippen LogP) is 9.31. The summed E-state index contributed by atoms with van der Waals surface area (Å²) in [5.74, 6) is 0. The molecule has 1 aliphatic heterocycles. The minimum atomic E-state index is -4.61. The van der Waals surface area contributed by atoms with E-state index in [2.05, 4.69) is 0 Å². The number of benzene rings is 3. The number of halogens is 7. The molecule has 2 aliphatic rings. The van der Waals surface area contributed by atoms with E-state index in [1.807, 2.05) is 54.6 Å². The molecule has 1 aliphatic carbocycles. The summed E-state index contributed by atoms with van der Waals surface area (Å²) >= 11 is 6.10. The number of alkyl halides is 6. The van der Waals surface area contributed by atoms with Crippen molar-refractivity contribution in [3.63, 3.8) is 0 Å². The van der Waals surface area contributed by atoms with Crippen LogP contribution < -0.4 is 0 Å². The van der Waals surface area contributed by atoms with Crippen molar-refractivity contribution >= 4 is 28.8 Å². The quantitative estimate of drug-likeness (QED) is 0.281. The number of likely N-dealkylation sites (tertiary alicyclic amines) is 1.